The van der Waals surface area contributed by atoms with E-state index in [1.807, 2.05) is 0 Å². The third-order valence-electron chi connectivity index (χ3n) is 2.78. The molecule has 0 aliphatic carbocycles. The third kappa shape index (κ3) is 3.69. The first-order chi connectivity index (χ1) is 8.15. The molecule has 0 radical (unpaired) electrons. The van der Waals surface area contributed by atoms with Crippen LogP contribution in [0.2, 0.25) is 5.02 Å². The summed E-state index contributed by atoms with van der Waals surface area (Å²) in [4.78, 5) is 0. The second kappa shape index (κ2) is 5.85. The maximum Gasteiger partial charge on any atom is 0.0691 e. The molecule has 1 aromatic carbocycles. The molecule has 1 heterocycles. The van der Waals surface area contributed by atoms with Gasteiger partial charge in [-0.3, -0.25) is 4.21 Å². The average molecular weight is 274 g/mol. The van der Waals surface area contributed by atoms with Crippen molar-refractivity contribution < 1.29 is 8.95 Å². The van der Waals surface area contributed by atoms with Crippen LogP contribution in [0.3, 0.4) is 0 Å². The molecule has 1 aliphatic heterocycles. The Labute approximate surface area is 109 Å². The first-order valence-corrected chi connectivity index (χ1v) is 7.52. The lowest BCUT2D eigenvalue weighted by atomic mass is 10.2. The summed E-state index contributed by atoms with van der Waals surface area (Å²) >= 11 is 6.04. The van der Waals surface area contributed by atoms with Crippen molar-refractivity contribution in [1.29, 1.82) is 0 Å². The van der Waals surface area contributed by atoms with Gasteiger partial charge in [-0.05, 0) is 36.6 Å². The summed E-state index contributed by atoms with van der Waals surface area (Å²) in [5, 5.41) is 0.625. The Morgan fingerprint density at radius 1 is 1.53 bits per heavy atom. The molecule has 2 atom stereocenters. The molecule has 1 aromatic rings. The fraction of sp³-hybridized carbons (Fsp3) is 0.500. The van der Waals surface area contributed by atoms with E-state index in [0.29, 0.717) is 22.2 Å². The number of benzene rings is 1. The van der Waals surface area contributed by atoms with Crippen molar-refractivity contribution in [2.45, 2.75) is 24.7 Å². The number of nitrogen functional groups attached to an aromatic ring is 1. The van der Waals surface area contributed by atoms with Gasteiger partial charge in [0.1, 0.15) is 0 Å². The molecule has 1 saturated heterocycles. The zero-order chi connectivity index (χ0) is 12.3. The summed E-state index contributed by atoms with van der Waals surface area (Å²) in [6, 6.07) is 5.28. The van der Waals surface area contributed by atoms with E-state index in [9.17, 15) is 4.21 Å². The van der Waals surface area contributed by atoms with Gasteiger partial charge in [0, 0.05) is 28.1 Å². The Hall–Kier alpha value is -0.580. The van der Waals surface area contributed by atoms with Gasteiger partial charge in [-0.15, -0.1) is 0 Å². The summed E-state index contributed by atoms with van der Waals surface area (Å²) in [5.74, 6) is 1.04. The largest absolute Gasteiger partial charge is 0.399 e. The summed E-state index contributed by atoms with van der Waals surface area (Å²) in [6.07, 6.45) is 2.23. The van der Waals surface area contributed by atoms with E-state index in [4.69, 9.17) is 22.1 Å². The predicted molar refractivity (Wildman–Crippen MR) is 71.6 cm³/mol. The van der Waals surface area contributed by atoms with Gasteiger partial charge < -0.3 is 10.5 Å². The van der Waals surface area contributed by atoms with E-state index in [1.165, 1.54) is 0 Å². The number of halogens is 1. The molecule has 0 saturated carbocycles. The molecule has 2 N–H and O–H groups in total. The van der Waals surface area contributed by atoms with E-state index in [1.54, 1.807) is 18.2 Å². The number of rotatable bonds is 4. The van der Waals surface area contributed by atoms with Gasteiger partial charge in [-0.2, -0.15) is 0 Å². The fourth-order valence-electron chi connectivity index (χ4n) is 1.92. The Morgan fingerprint density at radius 2 is 2.35 bits per heavy atom. The predicted octanol–water partition coefficient (Wildman–Crippen LogP) is 2.35. The second-order valence-corrected chi connectivity index (χ2v) is 6.15. The molecule has 3 nitrogen and oxygen atoms in total. The molecule has 0 aromatic heterocycles. The lowest BCUT2D eigenvalue weighted by Crippen LogP contribution is -2.16. The van der Waals surface area contributed by atoms with Crippen LogP contribution in [0.1, 0.15) is 18.4 Å². The second-order valence-electron chi connectivity index (χ2n) is 4.24. The van der Waals surface area contributed by atoms with Crippen LogP contribution in [0, 0.1) is 0 Å². The van der Waals surface area contributed by atoms with Crippen molar-refractivity contribution in [3.63, 3.8) is 0 Å². The Kier molecular flexibility index (Phi) is 4.42. The average Bonchev–Trinajstić information content (AvgIpc) is 2.76. The van der Waals surface area contributed by atoms with Crippen LogP contribution in [-0.4, -0.2) is 22.7 Å². The molecule has 0 amide bonds. The van der Waals surface area contributed by atoms with Gasteiger partial charge in [-0.1, -0.05) is 11.6 Å². The molecule has 5 heteroatoms. The number of anilines is 1. The van der Waals surface area contributed by atoms with Crippen molar-refractivity contribution in [1.82, 2.24) is 0 Å². The lowest BCUT2D eigenvalue weighted by molar-refractivity contribution is 0.128. The van der Waals surface area contributed by atoms with Crippen LogP contribution in [0.4, 0.5) is 5.69 Å². The summed E-state index contributed by atoms with van der Waals surface area (Å²) in [7, 11) is -0.944. The van der Waals surface area contributed by atoms with Gasteiger partial charge in [0.2, 0.25) is 0 Å². The minimum absolute atomic E-state index is 0.149. The molecule has 0 bridgehead atoms. The van der Waals surface area contributed by atoms with Crippen LogP contribution in [-0.2, 0) is 21.3 Å². The smallest absolute Gasteiger partial charge is 0.0691 e. The zero-order valence-electron chi connectivity index (χ0n) is 9.52. The Balaban J connectivity index is 1.95. The molecule has 1 fully saturated rings. The highest BCUT2D eigenvalue weighted by atomic mass is 35.5. The van der Waals surface area contributed by atoms with Crippen LogP contribution in [0.15, 0.2) is 18.2 Å². The van der Waals surface area contributed by atoms with Crippen molar-refractivity contribution in [2.75, 3.05) is 18.1 Å². The highest BCUT2D eigenvalue weighted by Gasteiger charge is 2.18. The highest BCUT2D eigenvalue weighted by molar-refractivity contribution is 7.84. The first-order valence-electron chi connectivity index (χ1n) is 5.65. The van der Waals surface area contributed by atoms with Crippen LogP contribution in [0.5, 0.6) is 0 Å². The van der Waals surface area contributed by atoms with Gasteiger partial charge in [0.05, 0.1) is 17.6 Å². The van der Waals surface area contributed by atoms with Gasteiger partial charge in [0.25, 0.3) is 0 Å². The normalized spacial score (nSPS) is 21.6. The molecule has 1 aliphatic rings. The van der Waals surface area contributed by atoms with Crippen LogP contribution in [0.25, 0.3) is 0 Å². The van der Waals surface area contributed by atoms with Gasteiger partial charge in [-0.25, -0.2) is 0 Å². The standard InChI is InChI=1S/C12H16ClNO2S/c13-12-4-3-10(14)6-9(12)7-17(15)8-11-2-1-5-16-11/h3-4,6,11H,1-2,5,7-8,14H2. The molecular weight excluding hydrogens is 258 g/mol. The third-order valence-corrected chi connectivity index (χ3v) is 4.53. The lowest BCUT2D eigenvalue weighted by Gasteiger charge is -2.10. The number of ether oxygens (including phenoxy) is 1. The van der Waals surface area contributed by atoms with Crippen LogP contribution >= 0.6 is 11.6 Å². The maximum absolute atomic E-state index is 12.0. The van der Waals surface area contributed by atoms with E-state index < -0.39 is 10.8 Å². The van der Waals surface area contributed by atoms with Gasteiger partial charge in [0.15, 0.2) is 0 Å². The number of hydrogen-bond acceptors (Lipinski definition) is 3. The minimum atomic E-state index is -0.944. The molecule has 17 heavy (non-hydrogen) atoms. The van der Waals surface area contributed by atoms with Crippen LogP contribution < -0.4 is 5.73 Å². The van der Waals surface area contributed by atoms with E-state index in [-0.39, 0.29) is 6.10 Å². The molecule has 2 rings (SSSR count). The fourth-order valence-corrected chi connectivity index (χ4v) is 3.57. The van der Waals surface area contributed by atoms with Crippen molar-refractivity contribution in [3.8, 4) is 0 Å². The van der Waals surface area contributed by atoms with Gasteiger partial charge >= 0.3 is 0 Å². The SMILES string of the molecule is Nc1ccc(Cl)c(CS(=O)CC2CCCO2)c1. The maximum atomic E-state index is 12.0. The monoisotopic (exact) mass is 273 g/mol. The number of hydrogen-bond donors (Lipinski definition) is 1. The van der Waals surface area contributed by atoms with E-state index in [2.05, 4.69) is 0 Å². The summed E-state index contributed by atoms with van der Waals surface area (Å²) in [5.41, 5.74) is 7.19. The molecule has 0 spiro atoms. The van der Waals surface area contributed by atoms with Crippen molar-refractivity contribution in [2.24, 2.45) is 0 Å². The first kappa shape index (κ1) is 12.9. The number of nitrogens with two attached hydrogens (primary N) is 1. The summed E-state index contributed by atoms with van der Waals surface area (Å²) < 4.78 is 17.4. The van der Waals surface area contributed by atoms with Crippen molar-refractivity contribution in [3.05, 3.63) is 28.8 Å². The highest BCUT2D eigenvalue weighted by Crippen LogP contribution is 2.21. The van der Waals surface area contributed by atoms with E-state index >= 15 is 0 Å². The quantitative estimate of drug-likeness (QED) is 0.857. The van der Waals surface area contributed by atoms with E-state index in [0.717, 1.165) is 25.0 Å². The zero-order valence-corrected chi connectivity index (χ0v) is 11.1. The molecular formula is C12H16ClNO2S. The Bertz CT molecular complexity index is 419. The minimum Gasteiger partial charge on any atom is -0.399 e. The van der Waals surface area contributed by atoms with Crippen molar-refractivity contribution >= 4 is 28.1 Å². The molecule has 94 valence electrons. The summed E-state index contributed by atoms with van der Waals surface area (Å²) in [6.45, 7) is 0.793. The topological polar surface area (TPSA) is 52.3 Å². The Morgan fingerprint density at radius 3 is 3.06 bits per heavy atom. The molecule has 2 unspecified atom stereocenters.